The molecular formula is C14H6Cl8O3. The lowest BCUT2D eigenvalue weighted by atomic mass is 10.3. The maximum Gasteiger partial charge on any atom is 0.192 e. The summed E-state index contributed by atoms with van der Waals surface area (Å²) in [4.78, 5) is 0. The average Bonchev–Trinajstić information content (AvgIpc) is 2.56. The molecule has 0 atom stereocenters. The number of ether oxygens (including phenoxy) is 3. The van der Waals surface area contributed by atoms with Crippen LogP contribution in [0.25, 0.3) is 0 Å². The summed E-state index contributed by atoms with van der Waals surface area (Å²) in [5, 5.41) is 1.18. The standard InChI is InChI=1S/C14H6Cl8O3/c15-5-1-6(16)10(20)13(9(5)19)24-3-23-4-25-14-11(21)7(17)2-8(18)12(14)22/h1-2H,3-4H2. The molecule has 25 heavy (non-hydrogen) atoms. The van der Waals surface area contributed by atoms with Crippen molar-refractivity contribution in [2.75, 3.05) is 13.6 Å². The van der Waals surface area contributed by atoms with Gasteiger partial charge in [0.15, 0.2) is 25.1 Å². The molecule has 0 N–H and O–H groups in total. The number of rotatable bonds is 6. The molecule has 2 aromatic rings. The van der Waals surface area contributed by atoms with Crippen LogP contribution in [0.15, 0.2) is 12.1 Å². The number of hydrogen-bond acceptors (Lipinski definition) is 3. The molecule has 3 nitrogen and oxygen atoms in total. The molecule has 0 unspecified atom stereocenters. The minimum Gasteiger partial charge on any atom is -0.464 e. The van der Waals surface area contributed by atoms with E-state index in [9.17, 15) is 0 Å². The number of benzene rings is 2. The first kappa shape index (κ1) is 21.6. The number of halogens is 8. The zero-order valence-electron chi connectivity index (χ0n) is 11.8. The second kappa shape index (κ2) is 9.50. The van der Waals surface area contributed by atoms with Gasteiger partial charge in [0.05, 0.1) is 20.1 Å². The molecule has 0 amide bonds. The van der Waals surface area contributed by atoms with Crippen molar-refractivity contribution in [1.29, 1.82) is 0 Å². The van der Waals surface area contributed by atoms with Gasteiger partial charge >= 0.3 is 0 Å². The fourth-order valence-corrected chi connectivity index (χ4v) is 3.39. The Labute approximate surface area is 183 Å². The molecule has 0 saturated heterocycles. The summed E-state index contributed by atoms with van der Waals surface area (Å²) >= 11 is 47.6. The summed E-state index contributed by atoms with van der Waals surface area (Å²) in [5.41, 5.74) is 0. The van der Waals surface area contributed by atoms with E-state index >= 15 is 0 Å². The zero-order chi connectivity index (χ0) is 18.7. The van der Waals surface area contributed by atoms with Crippen LogP contribution in [0.4, 0.5) is 0 Å². The summed E-state index contributed by atoms with van der Waals surface area (Å²) in [5.74, 6) is 0.172. The van der Waals surface area contributed by atoms with Crippen molar-refractivity contribution in [3.05, 3.63) is 52.3 Å². The quantitative estimate of drug-likeness (QED) is 0.224. The molecule has 0 radical (unpaired) electrons. The highest BCUT2D eigenvalue weighted by molar-refractivity contribution is 6.49. The summed E-state index contributed by atoms with van der Waals surface area (Å²) in [7, 11) is 0. The third-order valence-corrected chi connectivity index (χ3v) is 5.80. The van der Waals surface area contributed by atoms with E-state index in [2.05, 4.69) is 0 Å². The Kier molecular flexibility index (Phi) is 8.21. The Balaban J connectivity index is 1.96. The lowest BCUT2D eigenvalue weighted by Crippen LogP contribution is -2.09. The summed E-state index contributed by atoms with van der Waals surface area (Å²) < 4.78 is 15.8. The minimum absolute atomic E-state index is 0.0858. The second-order valence-corrected chi connectivity index (χ2v) is 7.46. The van der Waals surface area contributed by atoms with Crippen molar-refractivity contribution < 1.29 is 14.2 Å². The Morgan fingerprint density at radius 1 is 0.520 bits per heavy atom. The largest absolute Gasteiger partial charge is 0.464 e. The van der Waals surface area contributed by atoms with E-state index in [1.54, 1.807) is 0 Å². The van der Waals surface area contributed by atoms with Crippen molar-refractivity contribution in [3.8, 4) is 11.5 Å². The lowest BCUT2D eigenvalue weighted by molar-refractivity contribution is -0.0535. The van der Waals surface area contributed by atoms with Crippen LogP contribution in [-0.2, 0) is 4.74 Å². The third-order valence-electron chi connectivity index (χ3n) is 2.72. The molecule has 0 bridgehead atoms. The predicted octanol–water partition coefficient (Wildman–Crippen LogP) is 8.30. The maximum absolute atomic E-state index is 6.00. The summed E-state index contributed by atoms with van der Waals surface area (Å²) in [6, 6.07) is 2.80. The highest BCUT2D eigenvalue weighted by Gasteiger charge is 2.17. The first-order valence-electron chi connectivity index (χ1n) is 6.23. The van der Waals surface area contributed by atoms with Gasteiger partial charge in [0.1, 0.15) is 20.1 Å². The van der Waals surface area contributed by atoms with Crippen LogP contribution in [0.5, 0.6) is 11.5 Å². The predicted molar refractivity (Wildman–Crippen MR) is 105 cm³/mol. The van der Waals surface area contributed by atoms with E-state index in [1.165, 1.54) is 12.1 Å². The van der Waals surface area contributed by atoms with Gasteiger partial charge in [0, 0.05) is 0 Å². The van der Waals surface area contributed by atoms with Crippen LogP contribution in [0, 0.1) is 0 Å². The van der Waals surface area contributed by atoms with Gasteiger partial charge in [-0.05, 0) is 12.1 Å². The van der Waals surface area contributed by atoms with E-state index in [-0.39, 0.29) is 65.3 Å². The number of hydrogen-bond donors (Lipinski definition) is 0. The highest BCUT2D eigenvalue weighted by Crippen LogP contribution is 2.44. The Morgan fingerprint density at radius 2 is 0.800 bits per heavy atom. The van der Waals surface area contributed by atoms with E-state index in [0.29, 0.717) is 0 Å². The zero-order valence-corrected chi connectivity index (χ0v) is 17.9. The summed E-state index contributed by atoms with van der Waals surface area (Å²) in [6.45, 7) is -0.528. The van der Waals surface area contributed by atoms with Gasteiger partial charge in [0.25, 0.3) is 0 Å². The van der Waals surface area contributed by atoms with Crippen LogP contribution in [0.1, 0.15) is 0 Å². The second-order valence-electron chi connectivity index (χ2n) is 4.32. The topological polar surface area (TPSA) is 27.7 Å². The highest BCUT2D eigenvalue weighted by atomic mass is 35.5. The molecule has 0 aromatic heterocycles. The van der Waals surface area contributed by atoms with E-state index in [1.807, 2.05) is 0 Å². The monoisotopic (exact) mass is 502 g/mol. The van der Waals surface area contributed by atoms with Crippen molar-refractivity contribution in [2.45, 2.75) is 0 Å². The van der Waals surface area contributed by atoms with Gasteiger partial charge in [-0.1, -0.05) is 92.8 Å². The molecule has 0 spiro atoms. The molecule has 0 saturated carbocycles. The van der Waals surface area contributed by atoms with E-state index < -0.39 is 0 Å². The van der Waals surface area contributed by atoms with Crippen LogP contribution in [0.3, 0.4) is 0 Å². The van der Waals surface area contributed by atoms with Crippen LogP contribution < -0.4 is 9.47 Å². The van der Waals surface area contributed by atoms with Gasteiger partial charge in [-0.3, -0.25) is 0 Å². The van der Waals surface area contributed by atoms with Gasteiger partial charge in [-0.2, -0.15) is 0 Å². The molecular weight excluding hydrogens is 500 g/mol. The SMILES string of the molecule is Clc1cc(Cl)c(Cl)c(OCOCOc2c(Cl)c(Cl)cc(Cl)c2Cl)c1Cl. The molecule has 0 fully saturated rings. The summed E-state index contributed by atoms with van der Waals surface area (Å²) in [6.07, 6.45) is 0. The van der Waals surface area contributed by atoms with Gasteiger partial charge < -0.3 is 14.2 Å². The molecule has 2 rings (SSSR count). The lowest BCUT2D eigenvalue weighted by Gasteiger charge is -2.14. The van der Waals surface area contributed by atoms with Crippen molar-refractivity contribution in [2.24, 2.45) is 0 Å². The third kappa shape index (κ3) is 5.19. The Morgan fingerprint density at radius 3 is 1.08 bits per heavy atom. The van der Waals surface area contributed by atoms with Crippen LogP contribution in [-0.4, -0.2) is 13.6 Å². The first-order chi connectivity index (χ1) is 11.7. The van der Waals surface area contributed by atoms with Crippen LogP contribution in [0.2, 0.25) is 40.2 Å². The van der Waals surface area contributed by atoms with Gasteiger partial charge in [0.2, 0.25) is 0 Å². The molecule has 2 aromatic carbocycles. The molecule has 0 aliphatic heterocycles. The molecule has 11 heteroatoms. The normalized spacial score (nSPS) is 10.9. The first-order valence-corrected chi connectivity index (χ1v) is 9.25. The average molecular weight is 506 g/mol. The molecule has 0 heterocycles. The van der Waals surface area contributed by atoms with Crippen molar-refractivity contribution in [1.82, 2.24) is 0 Å². The van der Waals surface area contributed by atoms with Gasteiger partial charge in [-0.25, -0.2) is 0 Å². The Hall–Kier alpha value is 0.320. The van der Waals surface area contributed by atoms with Crippen molar-refractivity contribution in [3.63, 3.8) is 0 Å². The Bertz CT molecular complexity index is 679. The van der Waals surface area contributed by atoms with E-state index in [0.717, 1.165) is 0 Å². The molecule has 136 valence electrons. The fraction of sp³-hybridized carbons (Fsp3) is 0.143. The smallest absolute Gasteiger partial charge is 0.192 e. The molecule has 0 aliphatic rings. The van der Waals surface area contributed by atoms with Crippen LogP contribution >= 0.6 is 92.8 Å². The molecule has 0 aliphatic carbocycles. The maximum atomic E-state index is 6.00. The van der Waals surface area contributed by atoms with Crippen molar-refractivity contribution >= 4 is 92.8 Å². The van der Waals surface area contributed by atoms with E-state index in [4.69, 9.17) is 107 Å². The fourth-order valence-electron chi connectivity index (χ4n) is 1.59. The minimum atomic E-state index is -0.264. The van der Waals surface area contributed by atoms with Gasteiger partial charge in [-0.15, -0.1) is 0 Å².